The van der Waals surface area contributed by atoms with Crippen LogP contribution >= 0.6 is 0 Å². The summed E-state index contributed by atoms with van der Waals surface area (Å²) in [6.07, 6.45) is 5.76. The van der Waals surface area contributed by atoms with E-state index in [1.807, 2.05) is 30.5 Å². The van der Waals surface area contributed by atoms with Crippen LogP contribution in [0.15, 0.2) is 41.1 Å². The topological polar surface area (TPSA) is 95.3 Å². The number of aromatic amines is 1. The van der Waals surface area contributed by atoms with Gasteiger partial charge >= 0.3 is 0 Å². The molecule has 0 saturated carbocycles. The molecule has 2 fully saturated rings. The minimum Gasteiger partial charge on any atom is -0.459 e. The number of ether oxygens (including phenoxy) is 1. The molecule has 3 aromatic heterocycles. The standard InChI is InChI=1S/C24H29N7O2/c1-24(14-32-15-24)30(2)13-16-5-8-31(9-6-16)22-21-19(7-10-33-21)27-23(28-22)26-18-4-3-17-12-25-29-20(17)11-18/h3-4,7,10-12,16H,5-6,8-9,13-15H2,1-2H3,(H,25,29)(H,26,27,28). The van der Waals surface area contributed by atoms with Crippen LogP contribution in [0.5, 0.6) is 0 Å². The normalized spacial score (nSPS) is 18.8. The molecule has 2 aliphatic rings. The summed E-state index contributed by atoms with van der Waals surface area (Å²) in [5, 5.41) is 11.5. The van der Waals surface area contributed by atoms with Crippen LogP contribution in [0.2, 0.25) is 0 Å². The van der Waals surface area contributed by atoms with Gasteiger partial charge in [0.1, 0.15) is 5.52 Å². The molecular formula is C24H29N7O2. The SMILES string of the molecule is CN(CC1CCN(c2nc(Nc3ccc4cn[nH]c4c3)nc3ccoc23)CC1)C1(C)COC1. The summed E-state index contributed by atoms with van der Waals surface area (Å²) in [4.78, 5) is 14.3. The van der Waals surface area contributed by atoms with E-state index in [1.165, 1.54) is 0 Å². The van der Waals surface area contributed by atoms with E-state index in [0.29, 0.717) is 11.9 Å². The van der Waals surface area contributed by atoms with Crippen molar-refractivity contribution in [2.24, 2.45) is 5.92 Å². The molecule has 2 aliphatic heterocycles. The van der Waals surface area contributed by atoms with Crippen molar-refractivity contribution in [3.8, 4) is 0 Å². The molecule has 4 aromatic rings. The number of anilines is 3. The van der Waals surface area contributed by atoms with Gasteiger partial charge in [0.25, 0.3) is 0 Å². The van der Waals surface area contributed by atoms with Gasteiger partial charge in [-0.05, 0) is 50.9 Å². The van der Waals surface area contributed by atoms with Crippen molar-refractivity contribution in [3.63, 3.8) is 0 Å². The number of nitrogens with one attached hydrogen (secondary N) is 2. The van der Waals surface area contributed by atoms with Crippen LogP contribution < -0.4 is 10.2 Å². The third kappa shape index (κ3) is 3.81. The number of nitrogens with zero attached hydrogens (tertiary/aromatic N) is 5. The van der Waals surface area contributed by atoms with Crippen molar-refractivity contribution in [2.75, 3.05) is 50.1 Å². The molecule has 0 radical (unpaired) electrons. The number of piperidine rings is 1. The van der Waals surface area contributed by atoms with Crippen molar-refractivity contribution < 1.29 is 9.15 Å². The van der Waals surface area contributed by atoms with Gasteiger partial charge in [0.05, 0.1) is 36.7 Å². The molecule has 1 aromatic carbocycles. The van der Waals surface area contributed by atoms with E-state index >= 15 is 0 Å². The fourth-order valence-corrected chi connectivity index (χ4v) is 4.82. The zero-order chi connectivity index (χ0) is 22.4. The minimum absolute atomic E-state index is 0.198. The Labute approximate surface area is 192 Å². The van der Waals surface area contributed by atoms with Gasteiger partial charge in [-0.2, -0.15) is 10.1 Å². The van der Waals surface area contributed by atoms with E-state index < -0.39 is 0 Å². The van der Waals surface area contributed by atoms with E-state index in [2.05, 4.69) is 44.3 Å². The Morgan fingerprint density at radius 3 is 2.85 bits per heavy atom. The van der Waals surface area contributed by atoms with Crippen molar-refractivity contribution in [1.29, 1.82) is 0 Å². The van der Waals surface area contributed by atoms with E-state index in [4.69, 9.17) is 14.1 Å². The molecule has 0 aliphatic carbocycles. The predicted octanol–water partition coefficient (Wildman–Crippen LogP) is 3.78. The monoisotopic (exact) mass is 447 g/mol. The predicted molar refractivity (Wildman–Crippen MR) is 128 cm³/mol. The highest BCUT2D eigenvalue weighted by atomic mass is 16.5. The second-order valence-corrected chi connectivity index (χ2v) is 9.60. The lowest BCUT2D eigenvalue weighted by atomic mass is 9.92. The maximum Gasteiger partial charge on any atom is 0.229 e. The lowest BCUT2D eigenvalue weighted by Gasteiger charge is -2.47. The maximum absolute atomic E-state index is 5.78. The molecule has 5 heterocycles. The second kappa shape index (κ2) is 8.00. The van der Waals surface area contributed by atoms with Crippen molar-refractivity contribution in [3.05, 3.63) is 36.7 Å². The fraction of sp³-hybridized carbons (Fsp3) is 0.458. The molecular weight excluding hydrogens is 418 g/mol. The number of rotatable bonds is 6. The fourth-order valence-electron chi connectivity index (χ4n) is 4.82. The molecule has 0 bridgehead atoms. The summed E-state index contributed by atoms with van der Waals surface area (Å²) in [6.45, 7) is 6.98. The lowest BCUT2D eigenvalue weighted by Crippen LogP contribution is -2.59. The van der Waals surface area contributed by atoms with Crippen LogP contribution in [-0.2, 0) is 4.74 Å². The first-order chi connectivity index (χ1) is 16.1. The van der Waals surface area contributed by atoms with Gasteiger partial charge in [0.15, 0.2) is 11.4 Å². The van der Waals surface area contributed by atoms with Crippen molar-refractivity contribution >= 4 is 39.5 Å². The third-order valence-corrected chi connectivity index (χ3v) is 7.18. The van der Waals surface area contributed by atoms with E-state index in [0.717, 1.165) is 79.2 Å². The Balaban J connectivity index is 1.19. The van der Waals surface area contributed by atoms with Gasteiger partial charge in [0.2, 0.25) is 5.95 Å². The molecule has 2 N–H and O–H groups in total. The van der Waals surface area contributed by atoms with Gasteiger partial charge < -0.3 is 19.4 Å². The Morgan fingerprint density at radius 2 is 2.06 bits per heavy atom. The van der Waals surface area contributed by atoms with Crippen molar-refractivity contribution in [2.45, 2.75) is 25.3 Å². The van der Waals surface area contributed by atoms with E-state index in [-0.39, 0.29) is 5.54 Å². The highest BCUT2D eigenvalue weighted by molar-refractivity contribution is 5.86. The van der Waals surface area contributed by atoms with Crippen LogP contribution in [0.25, 0.3) is 22.0 Å². The smallest absolute Gasteiger partial charge is 0.229 e. The summed E-state index contributed by atoms with van der Waals surface area (Å²) in [6, 6.07) is 7.94. The second-order valence-electron chi connectivity index (χ2n) is 9.60. The Morgan fingerprint density at radius 1 is 1.21 bits per heavy atom. The van der Waals surface area contributed by atoms with Crippen LogP contribution in [0.3, 0.4) is 0 Å². The van der Waals surface area contributed by atoms with Crippen LogP contribution in [-0.4, -0.2) is 70.5 Å². The summed E-state index contributed by atoms with van der Waals surface area (Å²) >= 11 is 0. The molecule has 172 valence electrons. The zero-order valence-corrected chi connectivity index (χ0v) is 19.0. The van der Waals surface area contributed by atoms with Gasteiger partial charge in [0, 0.05) is 36.8 Å². The molecule has 33 heavy (non-hydrogen) atoms. The number of hydrogen-bond donors (Lipinski definition) is 2. The molecule has 9 heteroatoms. The summed E-state index contributed by atoms with van der Waals surface area (Å²) in [5.41, 5.74) is 3.64. The highest BCUT2D eigenvalue weighted by Crippen LogP contribution is 2.32. The first kappa shape index (κ1) is 20.4. The number of aromatic nitrogens is 4. The number of hydrogen-bond acceptors (Lipinski definition) is 8. The van der Waals surface area contributed by atoms with Crippen molar-refractivity contribution in [1.82, 2.24) is 25.1 Å². The first-order valence-electron chi connectivity index (χ1n) is 11.6. The summed E-state index contributed by atoms with van der Waals surface area (Å²) in [7, 11) is 2.23. The van der Waals surface area contributed by atoms with Crippen LogP contribution in [0.4, 0.5) is 17.5 Å². The molecule has 6 rings (SSSR count). The average molecular weight is 448 g/mol. The number of benzene rings is 1. The van der Waals surface area contributed by atoms with Gasteiger partial charge in [-0.1, -0.05) is 0 Å². The molecule has 2 saturated heterocycles. The molecule has 0 unspecified atom stereocenters. The Kier molecular flexibility index (Phi) is 4.95. The highest BCUT2D eigenvalue weighted by Gasteiger charge is 2.38. The number of H-pyrrole nitrogens is 1. The van der Waals surface area contributed by atoms with Gasteiger partial charge in [-0.25, -0.2) is 4.98 Å². The molecule has 0 atom stereocenters. The summed E-state index contributed by atoms with van der Waals surface area (Å²) < 4.78 is 11.2. The van der Waals surface area contributed by atoms with Crippen LogP contribution in [0.1, 0.15) is 19.8 Å². The maximum atomic E-state index is 5.78. The number of likely N-dealkylation sites (N-methyl/N-ethyl adjacent to an activating group) is 1. The zero-order valence-electron chi connectivity index (χ0n) is 19.0. The lowest BCUT2D eigenvalue weighted by molar-refractivity contribution is -0.125. The number of fused-ring (bicyclic) bond motifs is 2. The largest absolute Gasteiger partial charge is 0.459 e. The Hall–Kier alpha value is -3.17. The third-order valence-electron chi connectivity index (χ3n) is 7.18. The van der Waals surface area contributed by atoms with E-state index in [9.17, 15) is 0 Å². The van der Waals surface area contributed by atoms with Crippen LogP contribution in [0, 0.1) is 5.92 Å². The quantitative estimate of drug-likeness (QED) is 0.461. The molecule has 0 amide bonds. The molecule has 0 spiro atoms. The van der Waals surface area contributed by atoms with Gasteiger partial charge in [-0.15, -0.1) is 0 Å². The molecule has 9 nitrogen and oxygen atoms in total. The first-order valence-corrected chi connectivity index (χ1v) is 11.6. The Bertz CT molecular complexity index is 1270. The number of furan rings is 1. The van der Waals surface area contributed by atoms with E-state index in [1.54, 1.807) is 6.26 Å². The minimum atomic E-state index is 0.198. The summed E-state index contributed by atoms with van der Waals surface area (Å²) in [5.74, 6) is 2.11. The average Bonchev–Trinajstić information content (AvgIpc) is 3.46. The van der Waals surface area contributed by atoms with Gasteiger partial charge in [-0.3, -0.25) is 10.00 Å².